The van der Waals surface area contributed by atoms with Crippen LogP contribution < -0.4 is 14.5 Å². The Bertz CT molecular complexity index is 3280. The van der Waals surface area contributed by atoms with Gasteiger partial charge < -0.3 is 14.5 Å². The molecule has 5 nitrogen and oxygen atoms in total. The van der Waals surface area contributed by atoms with E-state index in [0.717, 1.165) is 45.4 Å². The molecule has 336 valence electrons. The van der Waals surface area contributed by atoms with E-state index in [9.17, 15) is 0 Å². The number of hydrogen-bond donors (Lipinski definition) is 0. The zero-order valence-corrected chi connectivity index (χ0v) is 40.7. The average Bonchev–Trinajstić information content (AvgIpc) is 3.87. The summed E-state index contributed by atoms with van der Waals surface area (Å²) in [4.78, 5) is 9.85. The van der Waals surface area contributed by atoms with E-state index < -0.39 is 0 Å². The van der Waals surface area contributed by atoms with Gasteiger partial charge in [-0.3, -0.25) is 4.57 Å². The zero-order valence-electron chi connectivity index (χ0n) is 40.7. The summed E-state index contributed by atoms with van der Waals surface area (Å²) in [5.41, 5.74) is 14.0. The van der Waals surface area contributed by atoms with Crippen LogP contribution in [0.25, 0.3) is 27.6 Å². The lowest BCUT2D eigenvalue weighted by molar-refractivity contribution is 0.483. The van der Waals surface area contributed by atoms with Gasteiger partial charge in [-0.05, 0) is 117 Å². The van der Waals surface area contributed by atoms with Crippen molar-refractivity contribution in [3.8, 4) is 17.3 Å². The number of aromatic nitrogens is 2. The van der Waals surface area contributed by atoms with E-state index in [0.29, 0.717) is 6.67 Å². The van der Waals surface area contributed by atoms with Crippen LogP contribution in [0.1, 0.15) is 103 Å². The monoisotopic (exact) mass is 878 g/mol. The molecular formula is C62H62N4O. The maximum atomic E-state index is 6.89. The molecule has 10 rings (SSSR count). The third-order valence-corrected chi connectivity index (χ3v) is 14.2. The molecule has 9 aromatic rings. The van der Waals surface area contributed by atoms with Gasteiger partial charge in [-0.2, -0.15) is 0 Å². The number of rotatable bonds is 9. The molecule has 0 atom stereocenters. The summed E-state index contributed by atoms with van der Waals surface area (Å²) in [6.45, 7) is 23.5. The second kappa shape index (κ2) is 16.3. The lowest BCUT2D eigenvalue weighted by Crippen LogP contribution is -2.25. The molecule has 0 saturated carbocycles. The number of fused-ring (bicyclic) bond motifs is 4. The van der Waals surface area contributed by atoms with E-state index in [4.69, 9.17) is 9.72 Å². The summed E-state index contributed by atoms with van der Waals surface area (Å²) in [5.74, 6) is 2.44. The molecule has 67 heavy (non-hydrogen) atoms. The molecule has 2 aromatic heterocycles. The highest BCUT2D eigenvalue weighted by Crippen LogP contribution is 2.48. The van der Waals surface area contributed by atoms with E-state index in [-0.39, 0.29) is 21.7 Å². The third kappa shape index (κ3) is 8.05. The minimum Gasteiger partial charge on any atom is -0.457 e. The number of ether oxygens (including phenoxy) is 1. The summed E-state index contributed by atoms with van der Waals surface area (Å²) in [5, 5.41) is 2.38. The van der Waals surface area contributed by atoms with E-state index in [2.05, 4.69) is 260 Å². The van der Waals surface area contributed by atoms with Gasteiger partial charge in [0, 0.05) is 51.3 Å². The minimum atomic E-state index is -0.209. The molecule has 0 spiro atoms. The maximum Gasteiger partial charge on any atom is 0.137 e. The van der Waals surface area contributed by atoms with E-state index in [1.165, 1.54) is 49.8 Å². The molecule has 5 heteroatoms. The molecule has 0 N–H and O–H groups in total. The molecule has 0 bridgehead atoms. The first-order valence-corrected chi connectivity index (χ1v) is 23.7. The molecule has 1 aliphatic heterocycles. The minimum absolute atomic E-state index is 0.0109. The van der Waals surface area contributed by atoms with E-state index in [1.54, 1.807) is 0 Å². The van der Waals surface area contributed by atoms with Crippen LogP contribution in [0.4, 0.5) is 22.7 Å². The molecular weight excluding hydrogens is 817 g/mol. The molecule has 1 aliphatic rings. The van der Waals surface area contributed by atoms with Crippen LogP contribution in [0.15, 0.2) is 182 Å². The highest BCUT2D eigenvalue weighted by molar-refractivity contribution is 6.10. The Labute approximate surface area is 397 Å². The fourth-order valence-electron chi connectivity index (χ4n) is 9.83. The normalized spacial score (nSPS) is 13.4. The van der Waals surface area contributed by atoms with Crippen LogP contribution in [0.3, 0.4) is 0 Å². The number of hydrogen-bond acceptors (Lipinski definition) is 4. The first-order valence-electron chi connectivity index (χ1n) is 23.7. The molecule has 0 unspecified atom stereocenters. The van der Waals surface area contributed by atoms with E-state index >= 15 is 0 Å². The summed E-state index contributed by atoms with van der Waals surface area (Å²) >= 11 is 0. The summed E-state index contributed by atoms with van der Waals surface area (Å²) < 4.78 is 9.19. The van der Waals surface area contributed by atoms with Gasteiger partial charge in [0.25, 0.3) is 0 Å². The fourth-order valence-corrected chi connectivity index (χ4v) is 9.83. The lowest BCUT2D eigenvalue weighted by Gasteiger charge is -2.28. The molecule has 0 fully saturated rings. The van der Waals surface area contributed by atoms with Gasteiger partial charge >= 0.3 is 0 Å². The van der Waals surface area contributed by atoms with Crippen molar-refractivity contribution in [2.45, 2.75) is 90.9 Å². The highest BCUT2D eigenvalue weighted by Gasteiger charge is 2.33. The summed E-state index contributed by atoms with van der Waals surface area (Å²) in [6.07, 6.45) is 1.94. The van der Waals surface area contributed by atoms with Crippen LogP contribution in [-0.4, -0.2) is 16.2 Å². The second-order valence-electron chi connectivity index (χ2n) is 21.5. The first-order chi connectivity index (χ1) is 32.0. The molecule has 0 radical (unpaired) electrons. The Balaban J connectivity index is 1.05. The molecule has 0 saturated heterocycles. The second-order valence-corrected chi connectivity index (χ2v) is 21.5. The zero-order chi connectivity index (χ0) is 46.9. The Morgan fingerprint density at radius 2 is 0.970 bits per heavy atom. The molecule has 0 aliphatic carbocycles. The van der Waals surface area contributed by atoms with Crippen LogP contribution >= 0.6 is 0 Å². The van der Waals surface area contributed by atoms with Gasteiger partial charge in [0.1, 0.15) is 24.0 Å². The Kier molecular flexibility index (Phi) is 10.7. The molecule has 3 heterocycles. The lowest BCUT2D eigenvalue weighted by atomic mass is 9.78. The van der Waals surface area contributed by atoms with Crippen LogP contribution in [0.5, 0.6) is 11.5 Å². The van der Waals surface area contributed by atoms with Crippen molar-refractivity contribution in [1.82, 2.24) is 9.55 Å². The predicted molar refractivity (Wildman–Crippen MR) is 282 cm³/mol. The number of benzene rings is 7. The number of pyridine rings is 1. The maximum absolute atomic E-state index is 6.89. The smallest absolute Gasteiger partial charge is 0.137 e. The van der Waals surface area contributed by atoms with Gasteiger partial charge in [-0.1, -0.05) is 160 Å². The van der Waals surface area contributed by atoms with Crippen molar-refractivity contribution >= 4 is 44.6 Å². The van der Waals surface area contributed by atoms with Crippen LogP contribution in [0, 0.1) is 0 Å². The Morgan fingerprint density at radius 1 is 0.403 bits per heavy atom. The van der Waals surface area contributed by atoms with Crippen LogP contribution in [0.2, 0.25) is 0 Å². The average molecular weight is 879 g/mol. The van der Waals surface area contributed by atoms with Gasteiger partial charge in [0.2, 0.25) is 0 Å². The molecule has 7 aromatic carbocycles. The SMILES string of the molecule is CC(C)(C)c1ccnc(-n2c3ccc(C(C)(C)C)cc3c3ccc(Oc4cccc(N5CN(c6cccc(C(C)(C)c7ccccc7)c6)c6ccc(C(C)(C)c7ccccc7)cc65)c4)cc32)c1. The number of anilines is 4. The first kappa shape index (κ1) is 43.8. The standard InChI is InChI=1S/C62H62N4O/c1-59(2,3)44-27-31-54-53(36-44)52-30-29-51(40-56(52)66(54)58-38-45(33-34-63-58)60(4,5)6)67-50-26-18-25-49(39-50)65-41-64(48-24-17-23-46(35-48)61(7,8)42-19-13-11-14-20-42)55-32-28-47(37-57(55)65)62(9,10)43-21-15-12-16-22-43/h11-40H,41H2,1-10H3. The Morgan fingerprint density at radius 3 is 1.64 bits per heavy atom. The summed E-state index contributed by atoms with van der Waals surface area (Å²) in [6, 6.07) is 64.0. The van der Waals surface area contributed by atoms with Crippen molar-refractivity contribution in [3.05, 3.63) is 216 Å². The van der Waals surface area contributed by atoms with Crippen molar-refractivity contribution in [2.75, 3.05) is 16.5 Å². The largest absolute Gasteiger partial charge is 0.457 e. The summed E-state index contributed by atoms with van der Waals surface area (Å²) in [7, 11) is 0. The van der Waals surface area contributed by atoms with Crippen molar-refractivity contribution in [2.24, 2.45) is 0 Å². The number of nitrogens with zero attached hydrogens (tertiary/aromatic N) is 4. The Hall–Kier alpha value is -7.11. The predicted octanol–water partition coefficient (Wildman–Crippen LogP) is 16.5. The van der Waals surface area contributed by atoms with Crippen molar-refractivity contribution in [3.63, 3.8) is 0 Å². The van der Waals surface area contributed by atoms with Crippen molar-refractivity contribution < 1.29 is 4.74 Å². The van der Waals surface area contributed by atoms with Gasteiger partial charge in [-0.25, -0.2) is 4.98 Å². The topological polar surface area (TPSA) is 33.5 Å². The van der Waals surface area contributed by atoms with Crippen LogP contribution in [-0.2, 0) is 21.7 Å². The highest BCUT2D eigenvalue weighted by atomic mass is 16.5. The van der Waals surface area contributed by atoms with Gasteiger partial charge in [0.05, 0.1) is 22.4 Å². The fraction of sp³-hybridized carbons (Fsp3) is 0.242. The van der Waals surface area contributed by atoms with Crippen molar-refractivity contribution in [1.29, 1.82) is 0 Å². The quantitative estimate of drug-likeness (QED) is 0.145. The van der Waals surface area contributed by atoms with E-state index in [1.807, 2.05) is 6.20 Å². The van der Waals surface area contributed by atoms with Gasteiger partial charge in [-0.15, -0.1) is 0 Å². The molecule has 0 amide bonds. The third-order valence-electron chi connectivity index (χ3n) is 14.2. The van der Waals surface area contributed by atoms with Gasteiger partial charge in [0.15, 0.2) is 0 Å².